The van der Waals surface area contributed by atoms with E-state index in [-0.39, 0.29) is 0 Å². The van der Waals surface area contributed by atoms with Gasteiger partial charge in [0.1, 0.15) is 33.5 Å². The zero-order valence-electron chi connectivity index (χ0n) is 79.8. The van der Waals surface area contributed by atoms with Crippen LogP contribution in [-0.2, 0) is 0 Å². The Kier molecular flexibility index (Phi) is 20.9. The Morgan fingerprint density at radius 1 is 0.109 bits per heavy atom. The largest absolute Gasteiger partial charge is 0.455 e. The highest BCUT2D eigenvalue weighted by Gasteiger charge is 2.27. The summed E-state index contributed by atoms with van der Waals surface area (Å²) in [6.45, 7) is 0. The number of para-hydroxylation sites is 2. The molecule has 30 rings (SSSR count). The third kappa shape index (κ3) is 14.8. The highest BCUT2D eigenvalue weighted by molar-refractivity contribution is 6.28. The van der Waals surface area contributed by atoms with E-state index in [1.165, 1.54) is 81.5 Å². The predicted octanol–water partition coefficient (Wildman–Crippen LogP) is 39.3. The Morgan fingerprint density at radius 2 is 0.340 bits per heavy atom. The van der Waals surface area contributed by atoms with Gasteiger partial charge in [-0.1, -0.05) is 443 Å². The Balaban J connectivity index is 0.000000107. The molecular weight excluding hydrogens is 1780 g/mol. The first-order valence-corrected chi connectivity index (χ1v) is 50.1. The van der Waals surface area contributed by atoms with Crippen molar-refractivity contribution in [3.63, 3.8) is 0 Å². The van der Waals surface area contributed by atoms with E-state index in [4.69, 9.17) is 28.2 Å². The zero-order valence-corrected chi connectivity index (χ0v) is 79.8. The molecule has 0 radical (unpaired) electrons. The molecule has 6 aromatic heterocycles. The van der Waals surface area contributed by atoms with E-state index in [1.807, 2.05) is 6.07 Å². The van der Waals surface area contributed by atoms with Gasteiger partial charge in [-0.3, -0.25) is 0 Å². The van der Waals surface area contributed by atoms with Crippen LogP contribution < -0.4 is 0 Å². The number of rotatable bonds is 12. The third-order valence-electron chi connectivity index (χ3n) is 29.6. The smallest absolute Gasteiger partial charge is 0.143 e. The number of hydrogen-bond acceptors (Lipinski definition) is 6. The maximum absolute atomic E-state index is 7.15. The van der Waals surface area contributed by atoms with Crippen molar-refractivity contribution in [3.8, 4) is 134 Å². The van der Waals surface area contributed by atoms with E-state index in [9.17, 15) is 0 Å². The van der Waals surface area contributed by atoms with E-state index < -0.39 is 0 Å². The fourth-order valence-corrected chi connectivity index (χ4v) is 22.7. The molecule has 0 unspecified atom stereocenters. The van der Waals surface area contributed by atoms with Crippen molar-refractivity contribution in [2.75, 3.05) is 0 Å². The van der Waals surface area contributed by atoms with Gasteiger partial charge in [0.25, 0.3) is 0 Å². The minimum atomic E-state index is 0.863. The van der Waals surface area contributed by atoms with Crippen LogP contribution in [0.3, 0.4) is 0 Å². The summed E-state index contributed by atoms with van der Waals surface area (Å²) in [5.41, 5.74) is 34.5. The van der Waals surface area contributed by atoms with Gasteiger partial charge in [-0.15, -0.1) is 0 Å². The molecule has 0 aliphatic heterocycles. The first-order valence-electron chi connectivity index (χ1n) is 50.1. The molecule has 0 saturated carbocycles. The Morgan fingerprint density at radius 3 is 0.707 bits per heavy atom. The summed E-state index contributed by atoms with van der Waals surface area (Å²) in [5.74, 6) is 0. The molecule has 24 aromatic carbocycles. The number of aromatic nitrogens is 3. The van der Waals surface area contributed by atoms with Crippen LogP contribution in [0.2, 0.25) is 0 Å². The standard InChI is InChI=1S/C53H33NO.C47H29NO.C41H25NO/c1-4-16-34(17-5-1)37-30-46(36-20-8-3-9-21-36)52-48(32-37)49-33-38(35-18-6-2-7-19-35)31-47(53(49)55-52)42-25-12-14-26-43(42)50-29-28-45-41-24-11-10-22-39(41)40-23-13-15-27-44(40)51(45)54-50;1-3-13-30(14-4-1)32-23-26-45-41(27-32)43-29-33(31-15-5-2-6-16-31)28-42(47(43)49-45)37-20-9-11-21-38(37)44-25-24-40-36-19-8-7-17-34(36)35-18-10-12-22-39(35)46(40)48-44;1-2-12-26(13-3-1)27-20-10-22-36-37-23-11-21-35(41(37)43-40(27)36)31-17-6-8-18-32(31)38-25-24-34-30-16-5-4-14-28(30)29-15-7-9-19-33(29)39(34)42-38/h1-33H;1-29H;1-25H. The molecule has 0 bridgehead atoms. The number of pyridine rings is 3. The molecule has 0 saturated heterocycles. The molecular formula is C141H87N3O3. The van der Waals surface area contributed by atoms with E-state index in [2.05, 4.69) is 522 Å². The first-order chi connectivity index (χ1) is 72.9. The number of hydrogen-bond donors (Lipinski definition) is 0. The van der Waals surface area contributed by atoms with Gasteiger partial charge in [-0.05, 0) is 206 Å². The van der Waals surface area contributed by atoms with E-state index >= 15 is 0 Å². The average Bonchev–Trinajstić information content (AvgIpc) is 1.62. The minimum absolute atomic E-state index is 0.863. The van der Waals surface area contributed by atoms with Crippen molar-refractivity contribution in [2.24, 2.45) is 0 Å². The van der Waals surface area contributed by atoms with Gasteiger partial charge in [0, 0.05) is 109 Å². The van der Waals surface area contributed by atoms with Crippen LogP contribution in [-0.4, -0.2) is 15.0 Å². The predicted molar refractivity (Wildman–Crippen MR) is 617 cm³/mol. The minimum Gasteiger partial charge on any atom is -0.455 e. The monoisotopic (exact) mass is 1870 g/mol. The quantitative estimate of drug-likeness (QED) is 0.113. The van der Waals surface area contributed by atoms with Crippen molar-refractivity contribution in [2.45, 2.75) is 0 Å². The summed E-state index contributed by atoms with van der Waals surface area (Å²) in [7, 11) is 0. The zero-order chi connectivity index (χ0) is 96.9. The molecule has 0 N–H and O–H groups in total. The summed E-state index contributed by atoms with van der Waals surface area (Å²) >= 11 is 0. The van der Waals surface area contributed by atoms with Gasteiger partial charge in [0.05, 0.1) is 33.6 Å². The molecule has 0 aliphatic carbocycles. The van der Waals surface area contributed by atoms with Gasteiger partial charge in [0.15, 0.2) is 0 Å². The lowest BCUT2D eigenvalue weighted by Crippen LogP contribution is -1.92. The number of benzene rings is 24. The van der Waals surface area contributed by atoms with Crippen molar-refractivity contribution in [1.82, 2.24) is 15.0 Å². The number of furan rings is 3. The lowest BCUT2D eigenvalue weighted by molar-refractivity contribution is 0.670. The average molecular weight is 1870 g/mol. The van der Waals surface area contributed by atoms with Crippen LogP contribution in [0.1, 0.15) is 0 Å². The molecule has 0 aliphatic rings. The second kappa shape index (κ2) is 35.9. The third-order valence-corrected chi connectivity index (χ3v) is 29.6. The van der Waals surface area contributed by atoms with E-state index in [0.717, 1.165) is 216 Å². The summed E-state index contributed by atoms with van der Waals surface area (Å²) in [6, 6.07) is 187. The SMILES string of the molecule is c1ccc(-c2cc(-c3ccccc3)c3oc4c(-c5ccccc5-c5ccc6c7ccccc7c7ccccc7c6n5)cc(-c5ccccc5)cc4c3c2)cc1.c1ccc(-c2ccc3oc4c(-c5ccccc5-c5ccc6c7ccccc7c7ccccc7c6n5)cc(-c5ccccc5)cc4c3c2)cc1.c1ccc(-c2cccc3c2oc2c(-c4ccccc4-c4ccc5c6ccccc6c6ccccc6c5n4)cccc23)cc1. The molecule has 147 heavy (non-hydrogen) atoms. The first kappa shape index (κ1) is 85.4. The summed E-state index contributed by atoms with van der Waals surface area (Å²) in [5, 5.41) is 24.7. The van der Waals surface area contributed by atoms with Crippen molar-refractivity contribution < 1.29 is 13.3 Å². The van der Waals surface area contributed by atoms with E-state index in [0.29, 0.717) is 0 Å². The number of fused-ring (bicyclic) bond motifs is 27. The van der Waals surface area contributed by atoms with Gasteiger partial charge in [-0.2, -0.15) is 0 Å². The topological polar surface area (TPSA) is 78.1 Å². The van der Waals surface area contributed by atoms with E-state index in [1.54, 1.807) is 0 Å². The van der Waals surface area contributed by atoms with Crippen LogP contribution in [0.25, 0.3) is 297 Å². The Labute approximate surface area is 847 Å². The highest BCUT2D eigenvalue weighted by atomic mass is 16.3. The van der Waals surface area contributed by atoms with Crippen LogP contribution in [0.4, 0.5) is 0 Å². The Hall–Kier alpha value is -19.5. The second-order valence-electron chi connectivity index (χ2n) is 38.0. The summed E-state index contributed by atoms with van der Waals surface area (Å²) < 4.78 is 20.7. The van der Waals surface area contributed by atoms with Gasteiger partial charge in [0.2, 0.25) is 0 Å². The summed E-state index contributed by atoms with van der Waals surface area (Å²) in [4.78, 5) is 16.3. The normalized spacial score (nSPS) is 11.7. The molecule has 684 valence electrons. The lowest BCUT2D eigenvalue weighted by atomic mass is 9.91. The molecule has 0 fully saturated rings. The molecule has 6 heterocycles. The van der Waals surface area contributed by atoms with Gasteiger partial charge in [-0.25, -0.2) is 15.0 Å². The van der Waals surface area contributed by atoms with Crippen LogP contribution in [0.5, 0.6) is 0 Å². The summed E-state index contributed by atoms with van der Waals surface area (Å²) in [6.07, 6.45) is 0. The van der Waals surface area contributed by atoms with Crippen LogP contribution in [0.15, 0.2) is 541 Å². The molecule has 0 amide bonds. The molecule has 0 atom stereocenters. The van der Waals surface area contributed by atoms with Crippen LogP contribution >= 0.6 is 0 Å². The maximum atomic E-state index is 7.15. The molecule has 0 spiro atoms. The fraction of sp³-hybridized carbons (Fsp3) is 0. The van der Waals surface area contributed by atoms with Crippen molar-refractivity contribution >= 4 is 163 Å². The maximum Gasteiger partial charge on any atom is 0.143 e. The van der Waals surface area contributed by atoms with Gasteiger partial charge < -0.3 is 13.3 Å². The fourth-order valence-electron chi connectivity index (χ4n) is 22.7. The van der Waals surface area contributed by atoms with Crippen molar-refractivity contribution in [1.29, 1.82) is 0 Å². The highest BCUT2D eigenvalue weighted by Crippen LogP contribution is 2.52. The van der Waals surface area contributed by atoms with Crippen molar-refractivity contribution in [3.05, 3.63) is 528 Å². The Bertz CT molecular complexity index is 10400. The molecule has 6 heteroatoms. The number of nitrogens with zero attached hydrogens (tertiary/aromatic N) is 3. The lowest BCUT2D eigenvalue weighted by Gasteiger charge is -2.14. The van der Waals surface area contributed by atoms with Gasteiger partial charge >= 0.3 is 0 Å². The second-order valence-corrected chi connectivity index (χ2v) is 38.0. The van der Waals surface area contributed by atoms with Crippen LogP contribution in [0, 0.1) is 0 Å². The molecule has 6 nitrogen and oxygen atoms in total. The molecule has 30 aromatic rings.